The molecule has 15 heavy (non-hydrogen) atoms. The van der Waals surface area contributed by atoms with Gasteiger partial charge in [0.05, 0.1) is 0 Å². The zero-order chi connectivity index (χ0) is 11.4. The van der Waals surface area contributed by atoms with Crippen LogP contribution in [-0.4, -0.2) is 9.67 Å². The van der Waals surface area contributed by atoms with Crippen LogP contribution in [0.2, 0.25) is 0 Å². The molecule has 0 radical (unpaired) electrons. The van der Waals surface area contributed by atoms with Gasteiger partial charge in [-0.2, -0.15) is 10.5 Å². The van der Waals surface area contributed by atoms with E-state index < -0.39 is 0 Å². The zero-order valence-corrected chi connectivity index (χ0v) is 11.9. The maximum atomic E-state index is 8.50. The summed E-state index contributed by atoms with van der Waals surface area (Å²) in [7, 11) is 3.39. The summed E-state index contributed by atoms with van der Waals surface area (Å²) in [6.07, 6.45) is 5.07. The summed E-state index contributed by atoms with van der Waals surface area (Å²) in [6.45, 7) is 2.20. The topological polar surface area (TPSA) is 47.6 Å². The predicted octanol–water partition coefficient (Wildman–Crippen LogP) is 4.66. The summed E-state index contributed by atoms with van der Waals surface area (Å²) in [5.74, 6) is 1.11. The van der Waals surface area contributed by atoms with Crippen molar-refractivity contribution in [2.24, 2.45) is 0 Å². The molecule has 0 aliphatic rings. The molecule has 0 aliphatic heterocycles. The molecule has 0 saturated carbocycles. The third kappa shape index (κ3) is 10.7. The lowest BCUT2D eigenvalue weighted by molar-refractivity contribution is 0.707. The van der Waals surface area contributed by atoms with Crippen molar-refractivity contribution in [1.82, 2.24) is 0 Å². The molecule has 0 N–H and O–H groups in total. The van der Waals surface area contributed by atoms with E-state index in [0.29, 0.717) is 0 Å². The van der Waals surface area contributed by atoms with Gasteiger partial charge in [-0.15, -0.1) is 0 Å². The molecule has 0 heterocycles. The molecular weight excluding hydrogens is 264 g/mol. The number of nitrogens with zero attached hydrogens (tertiary/aromatic N) is 2. The molecule has 0 aliphatic carbocycles. The van der Waals surface area contributed by atoms with Gasteiger partial charge in [-0.3, -0.25) is 0 Å². The van der Waals surface area contributed by atoms with Gasteiger partial charge in [0, 0.05) is 5.75 Å². The smallest absolute Gasteiger partial charge is 0.135 e. The average Bonchev–Trinajstić information content (AvgIpc) is 2.24. The second-order valence-corrected chi connectivity index (χ2v) is 7.95. The molecule has 84 valence electrons. The maximum Gasteiger partial charge on any atom is 0.135 e. The number of thioether (sulfide) groups is 2. The van der Waals surface area contributed by atoms with Gasteiger partial charge in [0.1, 0.15) is 14.7 Å². The van der Waals surface area contributed by atoms with Crippen LogP contribution in [0.5, 0.6) is 0 Å². The van der Waals surface area contributed by atoms with E-state index in [1.807, 2.05) is 10.8 Å². The first-order valence-corrected chi connectivity index (χ1v) is 8.87. The molecule has 0 aromatic heterocycles. The molecule has 0 atom stereocenters. The van der Waals surface area contributed by atoms with E-state index in [1.54, 1.807) is 21.6 Å². The Morgan fingerprint density at radius 1 is 1.07 bits per heavy atom. The molecule has 0 bridgehead atoms. The fraction of sp³-hybridized carbons (Fsp3) is 0.778. The Balaban J connectivity index is 3.38. The van der Waals surface area contributed by atoms with Crippen LogP contribution in [0.25, 0.3) is 0 Å². The molecule has 2 nitrogen and oxygen atoms in total. The van der Waals surface area contributed by atoms with Gasteiger partial charge >= 0.3 is 0 Å². The van der Waals surface area contributed by atoms with E-state index in [2.05, 4.69) is 6.92 Å². The van der Waals surface area contributed by atoms with Crippen LogP contribution in [-0.2, 0) is 0 Å². The van der Waals surface area contributed by atoms with Crippen LogP contribution in [0.3, 0.4) is 0 Å². The van der Waals surface area contributed by atoms with Gasteiger partial charge in [0.15, 0.2) is 0 Å². The van der Waals surface area contributed by atoms with E-state index in [0.717, 1.165) is 29.3 Å². The minimum Gasteiger partial charge on any atom is -0.185 e. The van der Waals surface area contributed by atoms with Gasteiger partial charge < -0.3 is 0 Å². The lowest BCUT2D eigenvalue weighted by atomic mass is 10.2. The predicted molar refractivity (Wildman–Crippen MR) is 74.4 cm³/mol. The normalized spacial score (nSPS) is 9.87. The van der Waals surface area contributed by atoms with Gasteiger partial charge in [-0.1, -0.05) is 47.8 Å². The number of nitriles is 2. The summed E-state index contributed by atoms with van der Waals surface area (Å²) < 4.78 is 0.0242. The summed E-state index contributed by atoms with van der Waals surface area (Å²) >= 11 is 2.31. The van der Waals surface area contributed by atoms with E-state index in [-0.39, 0.29) is 3.91 Å². The van der Waals surface area contributed by atoms with Crippen LogP contribution in [0.4, 0.5) is 0 Å². The fourth-order valence-electron chi connectivity index (χ4n) is 0.841. The van der Waals surface area contributed by atoms with E-state index in [4.69, 9.17) is 10.5 Å². The van der Waals surface area contributed by atoms with Crippen molar-refractivity contribution in [2.45, 2.75) is 36.5 Å². The second kappa shape index (κ2) is 12.4. The minimum absolute atomic E-state index is 0.0242. The van der Waals surface area contributed by atoms with Crippen LogP contribution in [0.15, 0.2) is 0 Å². The van der Waals surface area contributed by atoms with Crippen molar-refractivity contribution in [3.63, 3.8) is 0 Å². The van der Waals surface area contributed by atoms with E-state index >= 15 is 0 Å². The van der Waals surface area contributed by atoms with E-state index in [9.17, 15) is 0 Å². The number of unbranched alkanes of at least 4 members (excludes halogenated alkanes) is 3. The van der Waals surface area contributed by atoms with Crippen LogP contribution in [0.1, 0.15) is 32.6 Å². The SMILES string of the molecule is CCCCCCSSC(SC#N)SC#N. The summed E-state index contributed by atoms with van der Waals surface area (Å²) in [5, 5.41) is 21.1. The minimum atomic E-state index is 0.0242. The number of rotatable bonds is 9. The van der Waals surface area contributed by atoms with Crippen molar-refractivity contribution >= 4 is 45.1 Å². The maximum absolute atomic E-state index is 8.50. The first-order valence-electron chi connectivity index (χ1n) is 4.73. The molecular formula is C9H14N2S4. The average molecular weight is 278 g/mol. The van der Waals surface area contributed by atoms with Crippen LogP contribution >= 0.6 is 45.1 Å². The highest BCUT2D eigenvalue weighted by atomic mass is 33.1. The Morgan fingerprint density at radius 2 is 1.73 bits per heavy atom. The standard InChI is InChI=1S/C9H14N2S4/c1-2-3-4-5-6-14-15-9(12-7-10)13-8-11/h9H,2-6H2,1H3. The third-order valence-corrected chi connectivity index (χ3v) is 6.82. The molecule has 0 saturated heterocycles. The molecule has 0 unspecified atom stereocenters. The Hall–Kier alpha value is 0.380. The first-order chi connectivity index (χ1) is 7.35. The lowest BCUT2D eigenvalue weighted by Crippen LogP contribution is -1.85. The highest BCUT2D eigenvalue weighted by molar-refractivity contribution is 8.80. The Morgan fingerprint density at radius 3 is 2.27 bits per heavy atom. The second-order valence-electron chi connectivity index (χ2n) is 2.69. The Kier molecular flexibility index (Phi) is 12.8. The van der Waals surface area contributed by atoms with Crippen molar-refractivity contribution < 1.29 is 0 Å². The largest absolute Gasteiger partial charge is 0.185 e. The highest BCUT2D eigenvalue weighted by Gasteiger charge is 2.10. The molecule has 0 fully saturated rings. The van der Waals surface area contributed by atoms with Crippen molar-refractivity contribution in [3.8, 4) is 10.8 Å². The molecule has 0 aromatic rings. The highest BCUT2D eigenvalue weighted by Crippen LogP contribution is 2.40. The van der Waals surface area contributed by atoms with Gasteiger partial charge in [-0.05, 0) is 29.9 Å². The fourth-order valence-corrected chi connectivity index (χ4v) is 5.25. The Labute approximate surface area is 108 Å². The zero-order valence-electron chi connectivity index (χ0n) is 8.64. The quantitative estimate of drug-likeness (QED) is 0.264. The number of hydrogen-bond donors (Lipinski definition) is 0. The third-order valence-electron chi connectivity index (χ3n) is 1.53. The summed E-state index contributed by atoms with van der Waals surface area (Å²) in [5.41, 5.74) is 0. The molecule has 0 rings (SSSR count). The van der Waals surface area contributed by atoms with Crippen molar-refractivity contribution in [1.29, 1.82) is 10.5 Å². The van der Waals surface area contributed by atoms with Crippen LogP contribution < -0.4 is 0 Å². The first kappa shape index (κ1) is 15.4. The van der Waals surface area contributed by atoms with Gasteiger partial charge in [0.2, 0.25) is 0 Å². The molecule has 0 aromatic carbocycles. The van der Waals surface area contributed by atoms with Crippen LogP contribution in [0, 0.1) is 21.3 Å². The summed E-state index contributed by atoms with van der Waals surface area (Å²) in [6, 6.07) is 0. The Bertz CT molecular complexity index is 205. The van der Waals surface area contributed by atoms with Crippen molar-refractivity contribution in [2.75, 3.05) is 5.75 Å². The van der Waals surface area contributed by atoms with Crippen molar-refractivity contribution in [3.05, 3.63) is 0 Å². The number of thiocyanates is 2. The van der Waals surface area contributed by atoms with Gasteiger partial charge in [0.25, 0.3) is 0 Å². The molecule has 0 spiro atoms. The van der Waals surface area contributed by atoms with Gasteiger partial charge in [-0.25, -0.2) is 0 Å². The molecule has 6 heteroatoms. The summed E-state index contributed by atoms with van der Waals surface area (Å²) in [4.78, 5) is 0. The van der Waals surface area contributed by atoms with E-state index in [1.165, 1.54) is 25.7 Å². The molecule has 0 amide bonds. The monoisotopic (exact) mass is 278 g/mol. The number of hydrogen-bond acceptors (Lipinski definition) is 6. The lowest BCUT2D eigenvalue weighted by Gasteiger charge is -2.05.